The summed E-state index contributed by atoms with van der Waals surface area (Å²) >= 11 is 0. The van der Waals surface area contributed by atoms with Crippen molar-refractivity contribution in [3.05, 3.63) is 54.1 Å². The van der Waals surface area contributed by atoms with Crippen molar-refractivity contribution in [1.82, 2.24) is 14.4 Å². The standard InChI is InChI=1S/C16H15N3O2/c1-3-21-16(20)14-15(12-7-5-4-6-8-12)19-10-17-11(2)9-13(19)18-14/h4-10H,3H2,1-2H3. The summed E-state index contributed by atoms with van der Waals surface area (Å²) in [4.78, 5) is 20.9. The Balaban J connectivity index is 2.28. The van der Waals surface area contributed by atoms with Crippen LogP contribution in [0.5, 0.6) is 0 Å². The molecule has 3 rings (SSSR count). The van der Waals surface area contributed by atoms with Crippen LogP contribution in [0, 0.1) is 6.92 Å². The van der Waals surface area contributed by atoms with Crippen molar-refractivity contribution >= 4 is 11.6 Å². The van der Waals surface area contributed by atoms with Gasteiger partial charge in [0.05, 0.1) is 12.3 Å². The second kappa shape index (κ2) is 5.36. The van der Waals surface area contributed by atoms with E-state index in [0.717, 1.165) is 11.3 Å². The molecular weight excluding hydrogens is 266 g/mol. The first-order valence-corrected chi connectivity index (χ1v) is 6.78. The molecule has 106 valence electrons. The summed E-state index contributed by atoms with van der Waals surface area (Å²) in [6.07, 6.45) is 1.68. The molecule has 0 aliphatic heterocycles. The number of hydrogen-bond donors (Lipinski definition) is 0. The molecule has 0 amide bonds. The quantitative estimate of drug-likeness (QED) is 0.693. The Morgan fingerprint density at radius 2 is 2.05 bits per heavy atom. The van der Waals surface area contributed by atoms with E-state index in [4.69, 9.17) is 4.74 Å². The number of esters is 1. The van der Waals surface area contributed by atoms with Crippen molar-refractivity contribution in [2.24, 2.45) is 0 Å². The number of hydrogen-bond acceptors (Lipinski definition) is 4. The van der Waals surface area contributed by atoms with E-state index < -0.39 is 5.97 Å². The highest BCUT2D eigenvalue weighted by atomic mass is 16.5. The van der Waals surface area contributed by atoms with Crippen molar-refractivity contribution < 1.29 is 9.53 Å². The Labute approximate surface area is 122 Å². The van der Waals surface area contributed by atoms with E-state index in [-0.39, 0.29) is 0 Å². The van der Waals surface area contributed by atoms with Crippen molar-refractivity contribution in [2.75, 3.05) is 6.61 Å². The fraction of sp³-hybridized carbons (Fsp3) is 0.188. The fourth-order valence-corrected chi connectivity index (χ4v) is 2.26. The zero-order valence-corrected chi connectivity index (χ0v) is 11.9. The Bertz CT molecular complexity index is 794. The van der Waals surface area contributed by atoms with Crippen molar-refractivity contribution in [3.8, 4) is 11.3 Å². The first-order valence-electron chi connectivity index (χ1n) is 6.78. The zero-order chi connectivity index (χ0) is 14.8. The molecule has 0 saturated carbocycles. The van der Waals surface area contributed by atoms with Crippen LogP contribution in [0.2, 0.25) is 0 Å². The van der Waals surface area contributed by atoms with Crippen LogP contribution in [0.25, 0.3) is 16.9 Å². The van der Waals surface area contributed by atoms with Crippen molar-refractivity contribution in [2.45, 2.75) is 13.8 Å². The molecule has 2 heterocycles. The minimum atomic E-state index is -0.419. The average molecular weight is 281 g/mol. The third kappa shape index (κ3) is 2.38. The Morgan fingerprint density at radius 3 is 2.76 bits per heavy atom. The minimum absolute atomic E-state index is 0.315. The van der Waals surface area contributed by atoms with E-state index in [1.165, 1.54) is 0 Å². The van der Waals surface area contributed by atoms with Gasteiger partial charge in [0.2, 0.25) is 0 Å². The van der Waals surface area contributed by atoms with Crippen LogP contribution in [0.3, 0.4) is 0 Å². The second-order valence-electron chi connectivity index (χ2n) is 4.65. The number of ether oxygens (including phenoxy) is 1. The molecule has 2 aromatic heterocycles. The molecule has 0 radical (unpaired) electrons. The van der Waals surface area contributed by atoms with Crippen LogP contribution in [-0.4, -0.2) is 26.9 Å². The summed E-state index contributed by atoms with van der Waals surface area (Å²) in [5.41, 5.74) is 3.46. The number of carbonyl (C=O) groups excluding carboxylic acids is 1. The molecule has 0 aliphatic rings. The van der Waals surface area contributed by atoms with E-state index in [1.54, 1.807) is 13.3 Å². The summed E-state index contributed by atoms with van der Waals surface area (Å²) in [6, 6.07) is 11.5. The number of imidazole rings is 1. The number of aryl methyl sites for hydroxylation is 1. The highest BCUT2D eigenvalue weighted by Gasteiger charge is 2.21. The van der Waals surface area contributed by atoms with Crippen LogP contribution in [0.15, 0.2) is 42.7 Å². The molecule has 0 spiro atoms. The number of fused-ring (bicyclic) bond motifs is 1. The number of carbonyl (C=O) groups is 1. The van der Waals surface area contributed by atoms with Gasteiger partial charge in [0.25, 0.3) is 0 Å². The molecule has 0 fully saturated rings. The topological polar surface area (TPSA) is 56.5 Å². The summed E-state index contributed by atoms with van der Waals surface area (Å²) < 4.78 is 6.93. The van der Waals surface area contributed by atoms with Crippen LogP contribution in [0.1, 0.15) is 23.1 Å². The van der Waals surface area contributed by atoms with Crippen LogP contribution in [-0.2, 0) is 4.74 Å². The summed E-state index contributed by atoms with van der Waals surface area (Å²) in [6.45, 7) is 3.99. The second-order valence-corrected chi connectivity index (χ2v) is 4.65. The molecule has 0 N–H and O–H groups in total. The van der Waals surface area contributed by atoms with Gasteiger partial charge in [0.1, 0.15) is 12.0 Å². The number of benzene rings is 1. The lowest BCUT2D eigenvalue weighted by Gasteiger charge is -2.05. The molecule has 0 saturated heterocycles. The molecule has 1 aromatic carbocycles. The first kappa shape index (κ1) is 13.3. The van der Waals surface area contributed by atoms with Gasteiger partial charge in [-0.3, -0.25) is 4.40 Å². The molecule has 5 nitrogen and oxygen atoms in total. The summed E-state index contributed by atoms with van der Waals surface area (Å²) in [5.74, 6) is -0.419. The molecular formula is C16H15N3O2. The van der Waals surface area contributed by atoms with Gasteiger partial charge in [0, 0.05) is 17.3 Å². The lowest BCUT2D eigenvalue weighted by atomic mass is 10.1. The van der Waals surface area contributed by atoms with E-state index >= 15 is 0 Å². The largest absolute Gasteiger partial charge is 0.461 e. The van der Waals surface area contributed by atoms with Gasteiger partial charge in [-0.25, -0.2) is 14.8 Å². The van der Waals surface area contributed by atoms with Crippen LogP contribution in [0.4, 0.5) is 0 Å². The maximum absolute atomic E-state index is 12.2. The lowest BCUT2D eigenvalue weighted by molar-refractivity contribution is 0.0521. The number of nitrogens with zero attached hydrogens (tertiary/aromatic N) is 3. The monoisotopic (exact) mass is 281 g/mol. The van der Waals surface area contributed by atoms with Gasteiger partial charge in [0.15, 0.2) is 5.69 Å². The Morgan fingerprint density at radius 1 is 1.29 bits per heavy atom. The number of aromatic nitrogens is 3. The highest BCUT2D eigenvalue weighted by Crippen LogP contribution is 2.25. The predicted molar refractivity (Wildman–Crippen MR) is 79.1 cm³/mol. The van der Waals surface area contributed by atoms with Crippen LogP contribution >= 0.6 is 0 Å². The molecule has 0 atom stereocenters. The van der Waals surface area contributed by atoms with Gasteiger partial charge in [-0.15, -0.1) is 0 Å². The van der Waals surface area contributed by atoms with Gasteiger partial charge in [-0.1, -0.05) is 30.3 Å². The maximum Gasteiger partial charge on any atom is 0.359 e. The van der Waals surface area contributed by atoms with E-state index in [9.17, 15) is 4.79 Å². The minimum Gasteiger partial charge on any atom is -0.461 e. The third-order valence-electron chi connectivity index (χ3n) is 3.17. The highest BCUT2D eigenvalue weighted by molar-refractivity contribution is 5.95. The van der Waals surface area contributed by atoms with Crippen molar-refractivity contribution in [1.29, 1.82) is 0 Å². The van der Waals surface area contributed by atoms with Crippen molar-refractivity contribution in [3.63, 3.8) is 0 Å². The van der Waals surface area contributed by atoms with Gasteiger partial charge in [-0.2, -0.15) is 0 Å². The molecule has 0 aliphatic carbocycles. The van der Waals surface area contributed by atoms with Crippen LogP contribution < -0.4 is 0 Å². The van der Waals surface area contributed by atoms with Gasteiger partial charge >= 0.3 is 5.97 Å². The average Bonchev–Trinajstić information content (AvgIpc) is 2.87. The zero-order valence-electron chi connectivity index (χ0n) is 11.9. The SMILES string of the molecule is CCOC(=O)c1nc2cc(C)ncn2c1-c1ccccc1. The third-order valence-corrected chi connectivity index (χ3v) is 3.17. The molecule has 3 aromatic rings. The fourth-order valence-electron chi connectivity index (χ4n) is 2.26. The molecule has 0 bridgehead atoms. The summed E-state index contributed by atoms with van der Waals surface area (Å²) in [5, 5.41) is 0. The number of rotatable bonds is 3. The Hall–Kier alpha value is -2.69. The molecule has 21 heavy (non-hydrogen) atoms. The van der Waals surface area contributed by atoms with Gasteiger partial charge in [-0.05, 0) is 13.8 Å². The molecule has 5 heteroatoms. The van der Waals surface area contributed by atoms with E-state index in [2.05, 4.69) is 9.97 Å². The first-order chi connectivity index (χ1) is 10.2. The maximum atomic E-state index is 12.2. The smallest absolute Gasteiger partial charge is 0.359 e. The van der Waals surface area contributed by atoms with Gasteiger partial charge < -0.3 is 4.74 Å². The summed E-state index contributed by atoms with van der Waals surface area (Å²) in [7, 11) is 0. The normalized spacial score (nSPS) is 10.8. The van der Waals surface area contributed by atoms with E-state index in [1.807, 2.05) is 47.7 Å². The Kier molecular flexibility index (Phi) is 3.39. The molecule has 0 unspecified atom stereocenters. The predicted octanol–water partition coefficient (Wildman–Crippen LogP) is 2.88. The lowest BCUT2D eigenvalue weighted by Crippen LogP contribution is -2.07. The van der Waals surface area contributed by atoms with E-state index in [0.29, 0.717) is 23.6 Å².